The molecule has 3 rings (SSSR count). The van der Waals surface area contributed by atoms with Crippen LogP contribution < -0.4 is 5.32 Å². The van der Waals surface area contributed by atoms with Crippen LogP contribution in [0.1, 0.15) is 37.9 Å². The van der Waals surface area contributed by atoms with Crippen molar-refractivity contribution < 1.29 is 19.1 Å². The van der Waals surface area contributed by atoms with Crippen molar-refractivity contribution in [2.45, 2.75) is 33.7 Å². The summed E-state index contributed by atoms with van der Waals surface area (Å²) >= 11 is 0. The van der Waals surface area contributed by atoms with Crippen molar-refractivity contribution in [1.82, 2.24) is 20.0 Å². The highest BCUT2D eigenvalue weighted by Gasteiger charge is 2.39. The Kier molecular flexibility index (Phi) is 8.50. The molecule has 0 saturated carbocycles. The number of esters is 1. The fourth-order valence-corrected chi connectivity index (χ4v) is 4.49. The Balaban J connectivity index is 1.99. The number of amides is 3. The Bertz CT molecular complexity index is 963. The van der Waals surface area contributed by atoms with Crippen LogP contribution in [0, 0.1) is 12.8 Å². The largest absolute Gasteiger partial charge is 0.463 e. The highest BCUT2D eigenvalue weighted by Crippen LogP contribution is 2.33. The molecule has 0 bridgehead atoms. The first kappa shape index (κ1) is 25.5. The number of urea groups is 1. The van der Waals surface area contributed by atoms with Crippen molar-refractivity contribution in [3.63, 3.8) is 0 Å². The van der Waals surface area contributed by atoms with Crippen molar-refractivity contribution in [1.29, 1.82) is 0 Å². The van der Waals surface area contributed by atoms with Gasteiger partial charge in [-0.05, 0) is 25.0 Å². The minimum Gasteiger partial charge on any atom is -0.463 e. The number of benzene rings is 1. The smallest absolute Gasteiger partial charge is 0.338 e. The first-order valence-electron chi connectivity index (χ1n) is 11.9. The molecule has 0 aromatic heterocycles. The van der Waals surface area contributed by atoms with E-state index < -0.39 is 12.0 Å². The summed E-state index contributed by atoms with van der Waals surface area (Å²) in [4.78, 5) is 44.5. The number of hydrogen-bond acceptors (Lipinski definition) is 5. The summed E-state index contributed by atoms with van der Waals surface area (Å²) in [6.07, 6.45) is 1.65. The number of aryl methyl sites for hydroxylation is 1. The monoisotopic (exact) mass is 468 g/mol. The molecule has 184 valence electrons. The van der Waals surface area contributed by atoms with E-state index in [4.69, 9.17) is 4.74 Å². The second-order valence-corrected chi connectivity index (χ2v) is 8.98. The van der Waals surface area contributed by atoms with Gasteiger partial charge in [0.1, 0.15) is 0 Å². The third kappa shape index (κ3) is 5.50. The second-order valence-electron chi connectivity index (χ2n) is 8.98. The molecule has 0 radical (unpaired) electrons. The van der Waals surface area contributed by atoms with E-state index in [9.17, 15) is 14.4 Å². The average molecular weight is 469 g/mol. The van der Waals surface area contributed by atoms with E-state index >= 15 is 0 Å². The lowest BCUT2D eigenvalue weighted by atomic mass is 9.91. The highest BCUT2D eigenvalue weighted by atomic mass is 16.5. The van der Waals surface area contributed by atoms with Gasteiger partial charge in [-0.15, -0.1) is 6.58 Å². The lowest BCUT2D eigenvalue weighted by molar-refractivity contribution is -0.139. The summed E-state index contributed by atoms with van der Waals surface area (Å²) in [5.74, 6) is -0.325. The zero-order chi connectivity index (χ0) is 24.8. The zero-order valence-corrected chi connectivity index (χ0v) is 20.7. The summed E-state index contributed by atoms with van der Waals surface area (Å²) in [7, 11) is 0. The fraction of sp³-hybridized carbons (Fsp3) is 0.500. The van der Waals surface area contributed by atoms with Crippen molar-refractivity contribution in [2.24, 2.45) is 5.92 Å². The Labute approximate surface area is 202 Å². The maximum absolute atomic E-state index is 13.3. The van der Waals surface area contributed by atoms with Gasteiger partial charge in [-0.1, -0.05) is 44.2 Å². The van der Waals surface area contributed by atoms with E-state index in [2.05, 4.69) is 16.8 Å². The molecule has 8 nitrogen and oxygen atoms in total. The van der Waals surface area contributed by atoms with E-state index in [1.54, 1.807) is 17.9 Å². The summed E-state index contributed by atoms with van der Waals surface area (Å²) in [5, 5.41) is 3.01. The molecule has 1 aromatic rings. The van der Waals surface area contributed by atoms with E-state index in [-0.39, 0.29) is 31.0 Å². The van der Waals surface area contributed by atoms with Gasteiger partial charge in [-0.3, -0.25) is 14.6 Å². The van der Waals surface area contributed by atoms with Gasteiger partial charge in [0.25, 0.3) is 0 Å². The van der Waals surface area contributed by atoms with Gasteiger partial charge in [-0.25, -0.2) is 9.59 Å². The van der Waals surface area contributed by atoms with Crippen LogP contribution in [0.2, 0.25) is 0 Å². The molecule has 2 aliphatic rings. The summed E-state index contributed by atoms with van der Waals surface area (Å²) in [6, 6.07) is 6.84. The standard InChI is InChI=1S/C26H36N4O4/c1-6-12-30-21(17-28-13-15-29(16-14-28)24(31)18(3)4)22(25(32)34-7-2)23(27-26(30)33)20-11-9-8-10-19(20)5/h6,8-11,18,23H,1,7,12-17H2,2-5H3,(H,27,33). The van der Waals surface area contributed by atoms with E-state index in [0.717, 1.165) is 11.1 Å². The molecule has 1 N–H and O–H groups in total. The van der Waals surface area contributed by atoms with Gasteiger partial charge in [0.15, 0.2) is 0 Å². The van der Waals surface area contributed by atoms with Crippen LogP contribution in [0.15, 0.2) is 48.2 Å². The summed E-state index contributed by atoms with van der Waals surface area (Å²) in [6.45, 7) is 14.8. The SMILES string of the molecule is C=CCN1C(=O)NC(c2ccccc2C)C(C(=O)OCC)=C1CN1CCN(C(=O)C(C)C)CC1. The molecule has 0 spiro atoms. The Hall–Kier alpha value is -3.13. The maximum atomic E-state index is 13.3. The number of carbonyl (C=O) groups is 3. The normalized spacial score (nSPS) is 19.3. The Morgan fingerprint density at radius 3 is 2.47 bits per heavy atom. The van der Waals surface area contributed by atoms with Crippen LogP contribution in [0.5, 0.6) is 0 Å². The number of piperazine rings is 1. The molecular formula is C26H36N4O4. The van der Waals surface area contributed by atoms with Gasteiger partial charge in [0.05, 0.1) is 18.2 Å². The first-order chi connectivity index (χ1) is 16.3. The predicted molar refractivity (Wildman–Crippen MR) is 131 cm³/mol. The molecular weight excluding hydrogens is 432 g/mol. The molecule has 34 heavy (non-hydrogen) atoms. The molecule has 0 aliphatic carbocycles. The maximum Gasteiger partial charge on any atom is 0.338 e. The van der Waals surface area contributed by atoms with E-state index in [1.807, 2.05) is 49.9 Å². The highest BCUT2D eigenvalue weighted by molar-refractivity contribution is 5.95. The predicted octanol–water partition coefficient (Wildman–Crippen LogP) is 2.86. The van der Waals surface area contributed by atoms with Gasteiger partial charge < -0.3 is 15.0 Å². The number of hydrogen-bond donors (Lipinski definition) is 1. The van der Waals surface area contributed by atoms with Gasteiger partial charge in [-0.2, -0.15) is 0 Å². The zero-order valence-electron chi connectivity index (χ0n) is 20.7. The van der Waals surface area contributed by atoms with Gasteiger partial charge >= 0.3 is 12.0 Å². The molecule has 1 aromatic carbocycles. The first-order valence-corrected chi connectivity index (χ1v) is 11.9. The lowest BCUT2D eigenvalue weighted by Crippen LogP contribution is -2.54. The number of ether oxygens (including phenoxy) is 1. The van der Waals surface area contributed by atoms with Gasteiger partial charge in [0, 0.05) is 50.9 Å². The average Bonchev–Trinajstić information content (AvgIpc) is 2.81. The minimum atomic E-state index is -0.604. The molecule has 1 fully saturated rings. The molecule has 1 saturated heterocycles. The van der Waals surface area contributed by atoms with Crippen molar-refractivity contribution in [2.75, 3.05) is 45.9 Å². The molecule has 1 unspecified atom stereocenters. The van der Waals surface area contributed by atoms with Crippen LogP contribution >= 0.6 is 0 Å². The molecule has 1 atom stereocenters. The minimum absolute atomic E-state index is 0.0373. The third-order valence-corrected chi connectivity index (χ3v) is 6.30. The topological polar surface area (TPSA) is 82.2 Å². The van der Waals surface area contributed by atoms with E-state index in [1.165, 1.54) is 0 Å². The molecule has 3 amide bonds. The van der Waals surface area contributed by atoms with Crippen LogP contribution in [0.25, 0.3) is 0 Å². The summed E-state index contributed by atoms with van der Waals surface area (Å²) < 4.78 is 5.46. The van der Waals surface area contributed by atoms with Gasteiger partial charge in [0.2, 0.25) is 5.91 Å². The van der Waals surface area contributed by atoms with Crippen molar-refractivity contribution in [3.8, 4) is 0 Å². The van der Waals surface area contributed by atoms with Crippen molar-refractivity contribution >= 4 is 17.9 Å². The quantitative estimate of drug-likeness (QED) is 0.469. The third-order valence-electron chi connectivity index (χ3n) is 6.30. The van der Waals surface area contributed by atoms with Crippen LogP contribution in [0.4, 0.5) is 4.79 Å². The van der Waals surface area contributed by atoms with Crippen molar-refractivity contribution in [3.05, 3.63) is 59.3 Å². The molecule has 2 heterocycles. The molecule has 2 aliphatic heterocycles. The van der Waals surface area contributed by atoms with Crippen LogP contribution in [-0.2, 0) is 14.3 Å². The summed E-state index contributed by atoms with van der Waals surface area (Å²) in [5.41, 5.74) is 2.91. The second kappa shape index (κ2) is 11.3. The lowest BCUT2D eigenvalue weighted by Gasteiger charge is -2.41. The number of carbonyl (C=O) groups excluding carboxylic acids is 3. The Morgan fingerprint density at radius 2 is 1.88 bits per heavy atom. The Morgan fingerprint density at radius 1 is 1.21 bits per heavy atom. The fourth-order valence-electron chi connectivity index (χ4n) is 4.49. The number of nitrogens with zero attached hydrogens (tertiary/aromatic N) is 3. The van der Waals surface area contributed by atoms with E-state index in [0.29, 0.717) is 44.0 Å². The van der Waals surface area contributed by atoms with Crippen LogP contribution in [0.3, 0.4) is 0 Å². The number of nitrogens with one attached hydrogen (secondary N) is 1. The number of rotatable bonds is 8. The van der Waals surface area contributed by atoms with Crippen LogP contribution in [-0.4, -0.2) is 78.5 Å². The molecule has 8 heteroatoms.